The number of carbonyl (C=O) groups is 1. The van der Waals surface area contributed by atoms with Crippen molar-refractivity contribution in [2.24, 2.45) is 0 Å². The fourth-order valence-electron chi connectivity index (χ4n) is 4.31. The Labute approximate surface area is 199 Å². The molecule has 0 atom stereocenters. The van der Waals surface area contributed by atoms with E-state index in [1.54, 1.807) is 14.2 Å². The van der Waals surface area contributed by atoms with Crippen molar-refractivity contribution in [2.45, 2.75) is 13.3 Å². The minimum Gasteiger partial charge on any atom is -0.493 e. The normalized spacial score (nSPS) is 13.6. The number of benzene rings is 2. The molecule has 4 aromatic rings. The van der Waals surface area contributed by atoms with Crippen molar-refractivity contribution in [1.29, 1.82) is 0 Å². The van der Waals surface area contributed by atoms with E-state index in [9.17, 15) is 4.79 Å². The van der Waals surface area contributed by atoms with Gasteiger partial charge in [-0.15, -0.1) is 0 Å². The van der Waals surface area contributed by atoms with Crippen LogP contribution in [0.1, 0.15) is 27.9 Å². The lowest BCUT2D eigenvalue weighted by molar-refractivity contribution is 0.0773. The second kappa shape index (κ2) is 9.06. The van der Waals surface area contributed by atoms with Crippen LogP contribution < -0.4 is 9.47 Å². The van der Waals surface area contributed by atoms with Gasteiger partial charge >= 0.3 is 0 Å². The van der Waals surface area contributed by atoms with Crippen LogP contribution in [0.3, 0.4) is 0 Å². The second-order valence-corrected chi connectivity index (χ2v) is 8.48. The zero-order chi connectivity index (χ0) is 23.7. The van der Waals surface area contributed by atoms with E-state index in [-0.39, 0.29) is 5.91 Å². The average Bonchev–Trinajstić information content (AvgIpc) is 3.32. The molecule has 1 aliphatic rings. The van der Waals surface area contributed by atoms with E-state index in [4.69, 9.17) is 14.5 Å². The molecular formula is C28H27N3O3. The summed E-state index contributed by atoms with van der Waals surface area (Å²) < 4.78 is 12.8. The highest BCUT2D eigenvalue weighted by molar-refractivity contribution is 5.94. The molecule has 0 saturated carbocycles. The van der Waals surface area contributed by atoms with Crippen molar-refractivity contribution in [3.8, 4) is 22.8 Å². The molecule has 1 aliphatic heterocycles. The summed E-state index contributed by atoms with van der Waals surface area (Å²) in [6, 6.07) is 17.7. The van der Waals surface area contributed by atoms with Crippen molar-refractivity contribution in [3.63, 3.8) is 0 Å². The lowest BCUT2D eigenvalue weighted by Gasteiger charge is -2.27. The maximum absolute atomic E-state index is 12.8. The summed E-state index contributed by atoms with van der Waals surface area (Å²) in [6.07, 6.45) is 7.11. The number of rotatable bonds is 5. The molecule has 34 heavy (non-hydrogen) atoms. The molecule has 0 saturated heterocycles. The van der Waals surface area contributed by atoms with Crippen LogP contribution in [0.15, 0.2) is 73.1 Å². The standard InChI is InChI=1S/C28H27N3O3/c1-19-4-6-21(7-5-19)28(32)30-14-12-20(13-15-30)23-9-11-27-29-24(18-31(27)17-23)22-8-10-25(33-2)26(16-22)34-3/h4-12,16-18H,13-15H2,1-3H3. The van der Waals surface area contributed by atoms with Gasteiger partial charge < -0.3 is 18.8 Å². The topological polar surface area (TPSA) is 56.1 Å². The number of aryl methyl sites for hydroxylation is 1. The molecule has 0 spiro atoms. The van der Waals surface area contributed by atoms with Crippen LogP contribution in [0, 0.1) is 6.92 Å². The molecular weight excluding hydrogens is 426 g/mol. The van der Waals surface area contributed by atoms with Gasteiger partial charge in [0.1, 0.15) is 5.65 Å². The summed E-state index contributed by atoms with van der Waals surface area (Å²) in [5.74, 6) is 1.45. The SMILES string of the molecule is COc1ccc(-c2cn3cc(C4=CCN(C(=O)c5ccc(C)cc5)CC4)ccc3n2)cc1OC. The Bertz CT molecular complexity index is 1390. The largest absolute Gasteiger partial charge is 0.493 e. The number of imidazole rings is 1. The van der Waals surface area contributed by atoms with E-state index in [0.29, 0.717) is 24.6 Å². The van der Waals surface area contributed by atoms with Crippen LogP contribution >= 0.6 is 0 Å². The van der Waals surface area contributed by atoms with E-state index < -0.39 is 0 Å². The molecule has 0 radical (unpaired) electrons. The number of hydrogen-bond donors (Lipinski definition) is 0. The van der Waals surface area contributed by atoms with E-state index in [2.05, 4.69) is 18.3 Å². The Kier molecular flexibility index (Phi) is 5.80. The molecule has 6 heteroatoms. The smallest absolute Gasteiger partial charge is 0.254 e. The molecule has 2 aromatic carbocycles. The fourth-order valence-corrected chi connectivity index (χ4v) is 4.31. The minimum atomic E-state index is 0.0833. The first-order chi connectivity index (χ1) is 16.6. The monoisotopic (exact) mass is 453 g/mol. The van der Waals surface area contributed by atoms with Crippen molar-refractivity contribution in [1.82, 2.24) is 14.3 Å². The third kappa shape index (κ3) is 4.15. The Morgan fingerprint density at radius 1 is 0.912 bits per heavy atom. The van der Waals surface area contributed by atoms with Gasteiger partial charge in [0.15, 0.2) is 11.5 Å². The molecule has 0 aliphatic carbocycles. The summed E-state index contributed by atoms with van der Waals surface area (Å²) in [4.78, 5) is 19.5. The molecule has 1 amide bonds. The van der Waals surface area contributed by atoms with Gasteiger partial charge in [-0.25, -0.2) is 4.98 Å². The molecule has 0 N–H and O–H groups in total. The van der Waals surface area contributed by atoms with E-state index in [0.717, 1.165) is 40.0 Å². The Hall–Kier alpha value is -4.06. The van der Waals surface area contributed by atoms with Crippen LogP contribution in [0.25, 0.3) is 22.5 Å². The predicted octanol–water partition coefficient (Wildman–Crippen LogP) is 5.26. The van der Waals surface area contributed by atoms with Gasteiger partial charge in [0, 0.05) is 36.6 Å². The van der Waals surface area contributed by atoms with Crippen LogP contribution in [-0.4, -0.2) is 47.5 Å². The molecule has 172 valence electrons. The lowest BCUT2D eigenvalue weighted by Crippen LogP contribution is -2.34. The summed E-state index contributed by atoms with van der Waals surface area (Å²) >= 11 is 0. The van der Waals surface area contributed by atoms with Crippen LogP contribution in [-0.2, 0) is 0 Å². The third-order valence-electron chi connectivity index (χ3n) is 6.30. The summed E-state index contributed by atoms with van der Waals surface area (Å²) in [7, 11) is 3.26. The predicted molar refractivity (Wildman–Crippen MR) is 133 cm³/mol. The maximum atomic E-state index is 12.8. The molecule has 2 aromatic heterocycles. The Morgan fingerprint density at radius 2 is 1.68 bits per heavy atom. The first-order valence-corrected chi connectivity index (χ1v) is 11.3. The summed E-state index contributed by atoms with van der Waals surface area (Å²) in [5.41, 5.74) is 6.99. The van der Waals surface area contributed by atoms with Crippen LogP contribution in [0.5, 0.6) is 11.5 Å². The lowest BCUT2D eigenvalue weighted by atomic mass is 10.0. The molecule has 3 heterocycles. The zero-order valence-corrected chi connectivity index (χ0v) is 19.6. The number of methoxy groups -OCH3 is 2. The molecule has 5 rings (SSSR count). The molecule has 6 nitrogen and oxygen atoms in total. The van der Waals surface area contributed by atoms with Crippen molar-refractivity contribution in [3.05, 3.63) is 89.8 Å². The number of nitrogens with zero attached hydrogens (tertiary/aromatic N) is 3. The number of aromatic nitrogens is 2. The van der Waals surface area contributed by atoms with Gasteiger partial charge in [0.05, 0.1) is 19.9 Å². The van der Waals surface area contributed by atoms with Gasteiger partial charge in [0.2, 0.25) is 0 Å². The van der Waals surface area contributed by atoms with E-state index in [1.807, 2.05) is 71.0 Å². The van der Waals surface area contributed by atoms with E-state index >= 15 is 0 Å². The van der Waals surface area contributed by atoms with Gasteiger partial charge in [-0.1, -0.05) is 23.8 Å². The van der Waals surface area contributed by atoms with Crippen molar-refractivity contribution in [2.75, 3.05) is 27.3 Å². The number of hydrogen-bond acceptors (Lipinski definition) is 4. The first-order valence-electron chi connectivity index (χ1n) is 11.3. The number of ether oxygens (including phenoxy) is 2. The van der Waals surface area contributed by atoms with Gasteiger partial charge in [0.25, 0.3) is 5.91 Å². The Morgan fingerprint density at radius 3 is 2.38 bits per heavy atom. The number of carbonyl (C=O) groups excluding carboxylic acids is 1. The fraction of sp³-hybridized carbons (Fsp3) is 0.214. The van der Waals surface area contributed by atoms with Gasteiger partial charge in [-0.3, -0.25) is 4.79 Å². The minimum absolute atomic E-state index is 0.0833. The summed E-state index contributed by atoms with van der Waals surface area (Å²) in [6.45, 7) is 3.34. The second-order valence-electron chi connectivity index (χ2n) is 8.48. The quantitative estimate of drug-likeness (QED) is 0.414. The van der Waals surface area contributed by atoms with Crippen molar-refractivity contribution >= 4 is 17.1 Å². The van der Waals surface area contributed by atoms with Crippen LogP contribution in [0.2, 0.25) is 0 Å². The molecule has 0 fully saturated rings. The first kappa shape index (κ1) is 21.8. The zero-order valence-electron chi connectivity index (χ0n) is 19.6. The van der Waals surface area contributed by atoms with Crippen molar-refractivity contribution < 1.29 is 14.3 Å². The van der Waals surface area contributed by atoms with E-state index in [1.165, 1.54) is 5.57 Å². The highest BCUT2D eigenvalue weighted by Crippen LogP contribution is 2.32. The Balaban J connectivity index is 1.36. The van der Waals surface area contributed by atoms with Gasteiger partial charge in [-0.05, 0) is 66.9 Å². The van der Waals surface area contributed by atoms with Crippen LogP contribution in [0.4, 0.5) is 0 Å². The highest BCUT2D eigenvalue weighted by atomic mass is 16.5. The number of amides is 1. The average molecular weight is 454 g/mol. The number of fused-ring (bicyclic) bond motifs is 1. The maximum Gasteiger partial charge on any atom is 0.254 e. The molecule has 0 bridgehead atoms. The number of pyridine rings is 1. The van der Waals surface area contributed by atoms with Gasteiger partial charge in [-0.2, -0.15) is 0 Å². The third-order valence-corrected chi connectivity index (χ3v) is 6.30. The molecule has 0 unspecified atom stereocenters. The highest BCUT2D eigenvalue weighted by Gasteiger charge is 2.19. The summed E-state index contributed by atoms with van der Waals surface area (Å²) in [5, 5.41) is 0.